The zero-order valence-corrected chi connectivity index (χ0v) is 15.5. The van der Waals surface area contributed by atoms with E-state index in [4.69, 9.17) is 11.6 Å². The average Bonchev–Trinajstić information content (AvgIpc) is 2.69. The molecular formula is C20H17ClF2N4O. The second-order valence-electron chi connectivity index (χ2n) is 6.78. The molecule has 1 aromatic carbocycles. The Labute approximate surface area is 165 Å². The standard InChI is InChI=1S/C20H17ClF2N4O/c21-12-4-5-15(17(28)9-12)18-14-6-7-24-10-16(14)20(27-26-18)25-13-3-1-2-11(8-13)19(22)23/h4-7,9-10,13,28H,1-3,8H2,(H,25,27)/t13-/m1/s1. The number of nitrogens with zero attached hydrogens (tertiary/aromatic N) is 3. The summed E-state index contributed by atoms with van der Waals surface area (Å²) >= 11 is 5.92. The molecule has 0 amide bonds. The lowest BCUT2D eigenvalue weighted by atomic mass is 9.91. The Hall–Kier alpha value is -2.80. The smallest absolute Gasteiger partial charge is 0.269 e. The average molecular weight is 403 g/mol. The highest BCUT2D eigenvalue weighted by molar-refractivity contribution is 6.30. The molecule has 28 heavy (non-hydrogen) atoms. The largest absolute Gasteiger partial charge is 0.507 e. The van der Waals surface area contributed by atoms with Crippen LogP contribution in [0.25, 0.3) is 22.0 Å². The second kappa shape index (κ2) is 7.67. The Morgan fingerprint density at radius 3 is 2.82 bits per heavy atom. The van der Waals surface area contributed by atoms with Crippen molar-refractivity contribution in [2.45, 2.75) is 31.7 Å². The van der Waals surface area contributed by atoms with Crippen molar-refractivity contribution < 1.29 is 13.9 Å². The summed E-state index contributed by atoms with van der Waals surface area (Å²) in [6.45, 7) is 0. The molecule has 0 unspecified atom stereocenters. The quantitative estimate of drug-likeness (QED) is 0.600. The number of benzene rings is 1. The van der Waals surface area contributed by atoms with E-state index >= 15 is 0 Å². The Kier molecular flexibility index (Phi) is 5.09. The van der Waals surface area contributed by atoms with E-state index < -0.39 is 6.08 Å². The van der Waals surface area contributed by atoms with Gasteiger partial charge in [-0.25, -0.2) is 0 Å². The highest BCUT2D eigenvalue weighted by Crippen LogP contribution is 2.36. The van der Waals surface area contributed by atoms with Gasteiger partial charge in [-0.3, -0.25) is 4.98 Å². The van der Waals surface area contributed by atoms with E-state index in [1.165, 1.54) is 6.07 Å². The van der Waals surface area contributed by atoms with Gasteiger partial charge >= 0.3 is 0 Å². The lowest BCUT2D eigenvalue weighted by molar-refractivity contribution is 0.388. The van der Waals surface area contributed by atoms with Crippen LogP contribution in [-0.4, -0.2) is 26.3 Å². The van der Waals surface area contributed by atoms with Gasteiger partial charge in [0.05, 0.1) is 0 Å². The Morgan fingerprint density at radius 1 is 1.18 bits per heavy atom. The lowest BCUT2D eigenvalue weighted by Gasteiger charge is -2.25. The van der Waals surface area contributed by atoms with Crippen molar-refractivity contribution in [2.24, 2.45) is 0 Å². The molecule has 0 spiro atoms. The number of aromatic nitrogens is 3. The molecule has 0 bridgehead atoms. The van der Waals surface area contributed by atoms with E-state index in [1.54, 1.807) is 30.6 Å². The summed E-state index contributed by atoms with van der Waals surface area (Å²) in [6.07, 6.45) is 3.89. The SMILES string of the molecule is Oc1cc(Cl)ccc1-c1nnc(N[C@@H]2CCCC(=C(F)F)C2)c2cnccc12. The van der Waals surface area contributed by atoms with Gasteiger partial charge in [-0.1, -0.05) is 11.6 Å². The minimum atomic E-state index is -1.59. The molecule has 2 aromatic heterocycles. The maximum absolute atomic E-state index is 13.0. The van der Waals surface area contributed by atoms with Crippen LogP contribution in [0.2, 0.25) is 5.02 Å². The van der Waals surface area contributed by atoms with Crippen molar-refractivity contribution >= 4 is 28.2 Å². The summed E-state index contributed by atoms with van der Waals surface area (Å²) < 4.78 is 25.9. The predicted octanol–water partition coefficient (Wildman–Crippen LogP) is 5.56. The van der Waals surface area contributed by atoms with Crippen molar-refractivity contribution in [1.29, 1.82) is 0 Å². The summed E-state index contributed by atoms with van der Waals surface area (Å²) in [7, 11) is 0. The summed E-state index contributed by atoms with van der Waals surface area (Å²) in [5.74, 6) is 0.493. The van der Waals surface area contributed by atoms with Crippen LogP contribution in [0.4, 0.5) is 14.6 Å². The zero-order chi connectivity index (χ0) is 19.7. The summed E-state index contributed by atoms with van der Waals surface area (Å²) in [5.41, 5.74) is 1.19. The lowest BCUT2D eigenvalue weighted by Crippen LogP contribution is -2.24. The van der Waals surface area contributed by atoms with E-state index in [1.807, 2.05) is 0 Å². The number of aromatic hydroxyl groups is 1. The van der Waals surface area contributed by atoms with Crippen molar-refractivity contribution in [1.82, 2.24) is 15.2 Å². The number of phenolic OH excluding ortho intramolecular Hbond substituents is 1. The van der Waals surface area contributed by atoms with Crippen molar-refractivity contribution in [3.8, 4) is 17.0 Å². The number of rotatable bonds is 3. The van der Waals surface area contributed by atoms with Crippen LogP contribution in [0.5, 0.6) is 5.75 Å². The van der Waals surface area contributed by atoms with Crippen molar-refractivity contribution in [3.05, 3.63) is 53.3 Å². The molecule has 5 nitrogen and oxygen atoms in total. The number of phenols is 1. The number of hydrogen-bond acceptors (Lipinski definition) is 5. The topological polar surface area (TPSA) is 70.9 Å². The number of anilines is 1. The van der Waals surface area contributed by atoms with Crippen LogP contribution in [0.15, 0.2) is 48.3 Å². The van der Waals surface area contributed by atoms with Gasteiger partial charge in [0, 0.05) is 39.8 Å². The number of halogens is 3. The van der Waals surface area contributed by atoms with Crippen LogP contribution < -0.4 is 5.32 Å². The molecule has 0 saturated heterocycles. The van der Waals surface area contributed by atoms with Crippen LogP contribution >= 0.6 is 11.6 Å². The molecule has 1 fully saturated rings. The number of nitrogens with one attached hydrogen (secondary N) is 1. The molecule has 1 atom stereocenters. The fraction of sp³-hybridized carbons (Fsp3) is 0.250. The monoisotopic (exact) mass is 402 g/mol. The maximum atomic E-state index is 13.0. The molecule has 2 heterocycles. The summed E-state index contributed by atoms with van der Waals surface area (Å²) in [4.78, 5) is 4.16. The Morgan fingerprint density at radius 2 is 2.04 bits per heavy atom. The van der Waals surface area contributed by atoms with Crippen LogP contribution in [0.3, 0.4) is 0 Å². The number of hydrogen-bond donors (Lipinski definition) is 2. The number of fused-ring (bicyclic) bond motifs is 1. The van der Waals surface area contributed by atoms with Crippen molar-refractivity contribution in [2.75, 3.05) is 5.32 Å². The third-order valence-electron chi connectivity index (χ3n) is 4.93. The van der Waals surface area contributed by atoms with Crippen LogP contribution in [0.1, 0.15) is 25.7 Å². The third kappa shape index (κ3) is 3.62. The van der Waals surface area contributed by atoms with Gasteiger partial charge in [0.25, 0.3) is 6.08 Å². The minimum absolute atomic E-state index is 0.00102. The molecule has 0 aliphatic heterocycles. The molecule has 1 aliphatic carbocycles. The van der Waals surface area contributed by atoms with Gasteiger partial charge < -0.3 is 10.4 Å². The van der Waals surface area contributed by atoms with Gasteiger partial charge in [0.1, 0.15) is 11.4 Å². The van der Waals surface area contributed by atoms with Crippen LogP contribution in [0, 0.1) is 0 Å². The molecule has 1 aliphatic rings. The minimum Gasteiger partial charge on any atom is -0.507 e. The first-order chi connectivity index (χ1) is 13.5. The molecular weight excluding hydrogens is 386 g/mol. The molecule has 4 rings (SSSR count). The first kappa shape index (κ1) is 18.6. The second-order valence-corrected chi connectivity index (χ2v) is 7.22. The summed E-state index contributed by atoms with van der Waals surface area (Å²) in [6, 6.07) is 6.43. The maximum Gasteiger partial charge on any atom is 0.269 e. The number of pyridine rings is 1. The Balaban J connectivity index is 1.73. The van der Waals surface area contributed by atoms with Gasteiger partial charge in [-0.15, -0.1) is 10.2 Å². The van der Waals surface area contributed by atoms with Gasteiger partial charge in [0.2, 0.25) is 0 Å². The van der Waals surface area contributed by atoms with Gasteiger partial charge in [-0.05, 0) is 55.5 Å². The Bertz CT molecular complexity index is 1070. The fourth-order valence-electron chi connectivity index (χ4n) is 3.56. The van der Waals surface area contributed by atoms with E-state index in [-0.39, 0.29) is 23.8 Å². The van der Waals surface area contributed by atoms with E-state index in [0.717, 1.165) is 11.8 Å². The first-order valence-corrected chi connectivity index (χ1v) is 9.29. The fourth-order valence-corrected chi connectivity index (χ4v) is 3.73. The molecule has 0 radical (unpaired) electrons. The normalized spacial score (nSPS) is 17.0. The predicted molar refractivity (Wildman–Crippen MR) is 105 cm³/mol. The molecule has 8 heteroatoms. The molecule has 1 saturated carbocycles. The van der Waals surface area contributed by atoms with Gasteiger partial charge in [0.15, 0.2) is 5.82 Å². The van der Waals surface area contributed by atoms with Crippen molar-refractivity contribution in [3.63, 3.8) is 0 Å². The van der Waals surface area contributed by atoms with Gasteiger partial charge in [-0.2, -0.15) is 8.78 Å². The zero-order valence-electron chi connectivity index (χ0n) is 14.8. The third-order valence-corrected chi connectivity index (χ3v) is 5.16. The molecule has 144 valence electrons. The van der Waals surface area contributed by atoms with E-state index in [0.29, 0.717) is 40.3 Å². The molecule has 2 N–H and O–H groups in total. The first-order valence-electron chi connectivity index (χ1n) is 8.92. The summed E-state index contributed by atoms with van der Waals surface area (Å²) in [5, 5.41) is 23.9. The highest BCUT2D eigenvalue weighted by Gasteiger charge is 2.22. The molecule has 3 aromatic rings. The van der Waals surface area contributed by atoms with E-state index in [2.05, 4.69) is 20.5 Å². The highest BCUT2D eigenvalue weighted by atomic mass is 35.5. The van der Waals surface area contributed by atoms with Crippen LogP contribution in [-0.2, 0) is 0 Å². The van der Waals surface area contributed by atoms with E-state index in [9.17, 15) is 13.9 Å².